The number of aromatic amines is 1. The summed E-state index contributed by atoms with van der Waals surface area (Å²) in [5.41, 5.74) is 2.95. The summed E-state index contributed by atoms with van der Waals surface area (Å²) in [5.74, 6) is -0.688. The molecule has 0 bridgehead atoms. The molecule has 0 atom stereocenters. The van der Waals surface area contributed by atoms with Crippen LogP contribution in [0, 0.1) is 13.8 Å². The van der Waals surface area contributed by atoms with Crippen LogP contribution in [0.3, 0.4) is 0 Å². The quantitative estimate of drug-likeness (QED) is 0.823. The zero-order valence-electron chi connectivity index (χ0n) is 13.3. The van der Waals surface area contributed by atoms with E-state index in [1.807, 2.05) is 12.1 Å². The van der Waals surface area contributed by atoms with Crippen LogP contribution in [0.15, 0.2) is 24.3 Å². The van der Waals surface area contributed by atoms with Crippen LogP contribution in [0.1, 0.15) is 44.6 Å². The maximum atomic E-state index is 12.3. The maximum Gasteiger partial charge on any atom is 0.340 e. The summed E-state index contributed by atoms with van der Waals surface area (Å²) in [6.07, 6.45) is 0. The number of carbonyl (C=O) groups excluding carboxylic acids is 2. The SMILES string of the molecule is CCOC(=O)c1c(C)[nH]c(C(=O)NCc2ccc(Cl)cc2)c1C. The summed E-state index contributed by atoms with van der Waals surface area (Å²) in [6, 6.07) is 7.23. The second-order valence-electron chi connectivity index (χ2n) is 5.15. The number of amides is 1. The molecule has 122 valence electrons. The molecule has 2 aromatic rings. The molecule has 0 saturated heterocycles. The van der Waals surface area contributed by atoms with Gasteiger partial charge in [0.15, 0.2) is 0 Å². The van der Waals surface area contributed by atoms with E-state index in [9.17, 15) is 9.59 Å². The van der Waals surface area contributed by atoms with Crippen molar-refractivity contribution < 1.29 is 14.3 Å². The van der Waals surface area contributed by atoms with Gasteiger partial charge in [-0.15, -0.1) is 0 Å². The Morgan fingerprint density at radius 2 is 1.87 bits per heavy atom. The number of hydrogen-bond donors (Lipinski definition) is 2. The van der Waals surface area contributed by atoms with E-state index in [1.165, 1.54) is 0 Å². The van der Waals surface area contributed by atoms with Crippen LogP contribution in [0.25, 0.3) is 0 Å². The fourth-order valence-electron chi connectivity index (χ4n) is 2.36. The lowest BCUT2D eigenvalue weighted by molar-refractivity contribution is 0.0525. The Morgan fingerprint density at radius 3 is 2.48 bits per heavy atom. The zero-order valence-corrected chi connectivity index (χ0v) is 14.1. The lowest BCUT2D eigenvalue weighted by atomic mass is 10.1. The molecule has 0 spiro atoms. The van der Waals surface area contributed by atoms with Gasteiger partial charge < -0.3 is 15.0 Å². The Morgan fingerprint density at radius 1 is 1.22 bits per heavy atom. The molecule has 0 aliphatic rings. The van der Waals surface area contributed by atoms with Crippen molar-refractivity contribution in [3.63, 3.8) is 0 Å². The molecule has 1 heterocycles. The molecule has 1 aromatic heterocycles. The lowest BCUT2D eigenvalue weighted by Crippen LogP contribution is -2.24. The minimum atomic E-state index is -0.421. The number of carbonyl (C=O) groups is 2. The first-order valence-electron chi connectivity index (χ1n) is 7.33. The van der Waals surface area contributed by atoms with Gasteiger partial charge in [0.1, 0.15) is 5.69 Å². The van der Waals surface area contributed by atoms with Crippen molar-refractivity contribution in [1.82, 2.24) is 10.3 Å². The highest BCUT2D eigenvalue weighted by Crippen LogP contribution is 2.19. The monoisotopic (exact) mass is 334 g/mol. The van der Waals surface area contributed by atoms with Gasteiger partial charge in [-0.1, -0.05) is 23.7 Å². The van der Waals surface area contributed by atoms with Crippen molar-refractivity contribution >= 4 is 23.5 Å². The fourth-order valence-corrected chi connectivity index (χ4v) is 2.49. The van der Waals surface area contributed by atoms with E-state index >= 15 is 0 Å². The number of aromatic nitrogens is 1. The van der Waals surface area contributed by atoms with Gasteiger partial charge in [-0.3, -0.25) is 4.79 Å². The number of ether oxygens (including phenoxy) is 1. The molecule has 6 heteroatoms. The summed E-state index contributed by atoms with van der Waals surface area (Å²) >= 11 is 5.83. The van der Waals surface area contributed by atoms with E-state index in [0.29, 0.717) is 40.7 Å². The molecule has 0 aliphatic carbocycles. The largest absolute Gasteiger partial charge is 0.462 e. The summed E-state index contributed by atoms with van der Waals surface area (Å²) in [5, 5.41) is 3.47. The average molecular weight is 335 g/mol. The molecule has 0 radical (unpaired) electrons. The molecule has 0 aliphatic heterocycles. The summed E-state index contributed by atoms with van der Waals surface area (Å²) in [6.45, 7) is 5.89. The minimum absolute atomic E-state index is 0.268. The summed E-state index contributed by atoms with van der Waals surface area (Å²) < 4.78 is 5.02. The summed E-state index contributed by atoms with van der Waals surface area (Å²) in [4.78, 5) is 27.2. The number of benzene rings is 1. The maximum absolute atomic E-state index is 12.3. The number of hydrogen-bond acceptors (Lipinski definition) is 3. The van der Waals surface area contributed by atoms with E-state index < -0.39 is 5.97 Å². The molecule has 0 unspecified atom stereocenters. The van der Waals surface area contributed by atoms with Gasteiger partial charge >= 0.3 is 5.97 Å². The highest BCUT2D eigenvalue weighted by atomic mass is 35.5. The Bertz CT molecular complexity index is 720. The first-order chi connectivity index (χ1) is 10.9. The second kappa shape index (κ2) is 7.33. The number of aryl methyl sites for hydroxylation is 1. The molecule has 5 nitrogen and oxygen atoms in total. The first kappa shape index (κ1) is 17.1. The second-order valence-corrected chi connectivity index (χ2v) is 5.59. The Kier molecular flexibility index (Phi) is 5.45. The van der Waals surface area contributed by atoms with Crippen molar-refractivity contribution in [2.24, 2.45) is 0 Å². The molecule has 23 heavy (non-hydrogen) atoms. The van der Waals surface area contributed by atoms with Gasteiger partial charge in [0.25, 0.3) is 5.91 Å². The van der Waals surface area contributed by atoms with E-state index in [4.69, 9.17) is 16.3 Å². The van der Waals surface area contributed by atoms with Gasteiger partial charge in [-0.25, -0.2) is 4.79 Å². The number of rotatable bonds is 5. The van der Waals surface area contributed by atoms with Crippen molar-refractivity contribution in [2.45, 2.75) is 27.3 Å². The van der Waals surface area contributed by atoms with Gasteiger partial charge in [-0.05, 0) is 44.0 Å². The zero-order chi connectivity index (χ0) is 17.0. The minimum Gasteiger partial charge on any atom is -0.462 e. The smallest absolute Gasteiger partial charge is 0.340 e. The standard InChI is InChI=1S/C17H19ClN2O3/c1-4-23-17(22)14-10(2)15(20-11(14)3)16(21)19-9-12-5-7-13(18)8-6-12/h5-8,20H,4,9H2,1-3H3,(H,19,21). The number of halogens is 1. The third kappa shape index (κ3) is 3.93. The van der Waals surface area contributed by atoms with E-state index in [1.54, 1.807) is 32.9 Å². The van der Waals surface area contributed by atoms with E-state index in [2.05, 4.69) is 10.3 Å². The number of H-pyrrole nitrogens is 1. The first-order valence-corrected chi connectivity index (χ1v) is 7.70. The predicted molar refractivity (Wildman–Crippen MR) is 88.8 cm³/mol. The Hall–Kier alpha value is -2.27. The van der Waals surface area contributed by atoms with E-state index in [-0.39, 0.29) is 5.91 Å². The van der Waals surface area contributed by atoms with Crippen molar-refractivity contribution in [2.75, 3.05) is 6.61 Å². The van der Waals surface area contributed by atoms with Crippen LogP contribution in [-0.4, -0.2) is 23.5 Å². The van der Waals surface area contributed by atoms with Crippen molar-refractivity contribution in [3.8, 4) is 0 Å². The third-order valence-corrected chi connectivity index (χ3v) is 3.76. The molecule has 2 rings (SSSR count). The lowest BCUT2D eigenvalue weighted by Gasteiger charge is -2.06. The normalized spacial score (nSPS) is 10.4. The number of esters is 1. The van der Waals surface area contributed by atoms with Crippen LogP contribution in [-0.2, 0) is 11.3 Å². The van der Waals surface area contributed by atoms with Crippen LogP contribution < -0.4 is 5.32 Å². The molecular formula is C17H19ClN2O3. The number of nitrogens with one attached hydrogen (secondary N) is 2. The molecule has 1 amide bonds. The van der Waals surface area contributed by atoms with Crippen LogP contribution in [0.4, 0.5) is 0 Å². The Balaban J connectivity index is 2.12. The third-order valence-electron chi connectivity index (χ3n) is 3.51. The molecule has 0 fully saturated rings. The topological polar surface area (TPSA) is 71.2 Å². The molecule has 2 N–H and O–H groups in total. The van der Waals surface area contributed by atoms with Gasteiger partial charge in [0.05, 0.1) is 12.2 Å². The van der Waals surface area contributed by atoms with Crippen molar-refractivity contribution in [3.05, 3.63) is 57.4 Å². The van der Waals surface area contributed by atoms with Gasteiger partial charge in [0.2, 0.25) is 0 Å². The molecule has 1 aromatic carbocycles. The fraction of sp³-hybridized carbons (Fsp3) is 0.294. The Labute approximate surface area is 140 Å². The molecular weight excluding hydrogens is 316 g/mol. The predicted octanol–water partition coefficient (Wildman–Crippen LogP) is 3.39. The molecule has 0 saturated carbocycles. The highest BCUT2D eigenvalue weighted by molar-refractivity contribution is 6.30. The van der Waals surface area contributed by atoms with Crippen LogP contribution >= 0.6 is 11.6 Å². The highest BCUT2D eigenvalue weighted by Gasteiger charge is 2.22. The van der Waals surface area contributed by atoms with Crippen molar-refractivity contribution in [1.29, 1.82) is 0 Å². The van der Waals surface area contributed by atoms with Crippen LogP contribution in [0.5, 0.6) is 0 Å². The van der Waals surface area contributed by atoms with E-state index in [0.717, 1.165) is 5.56 Å². The van der Waals surface area contributed by atoms with Gasteiger partial charge in [-0.2, -0.15) is 0 Å². The summed E-state index contributed by atoms with van der Waals surface area (Å²) in [7, 11) is 0. The van der Waals surface area contributed by atoms with Gasteiger partial charge in [0, 0.05) is 17.3 Å². The van der Waals surface area contributed by atoms with Crippen LogP contribution in [0.2, 0.25) is 5.02 Å². The average Bonchev–Trinajstić information content (AvgIpc) is 2.81.